The van der Waals surface area contributed by atoms with Gasteiger partial charge in [-0.15, -0.1) is 0 Å². The van der Waals surface area contributed by atoms with Gasteiger partial charge in [-0.3, -0.25) is 0 Å². The van der Waals surface area contributed by atoms with Crippen molar-refractivity contribution in [2.45, 2.75) is 38.2 Å². The van der Waals surface area contributed by atoms with Gasteiger partial charge in [-0.1, -0.05) is 67.6 Å². The lowest BCUT2D eigenvalue weighted by Crippen LogP contribution is -2.24. The van der Waals surface area contributed by atoms with Crippen LogP contribution in [0.4, 0.5) is 0 Å². The molecule has 0 aliphatic carbocycles. The van der Waals surface area contributed by atoms with E-state index >= 15 is 0 Å². The van der Waals surface area contributed by atoms with Crippen LogP contribution in [-0.2, 0) is 12.0 Å². The molecule has 0 saturated carbocycles. The maximum Gasteiger partial charge on any atom is 0.0894 e. The van der Waals surface area contributed by atoms with Gasteiger partial charge in [0, 0.05) is 0 Å². The predicted octanol–water partition coefficient (Wildman–Crippen LogP) is 4.31. The molecule has 0 spiro atoms. The molecule has 0 fully saturated rings. The quantitative estimate of drug-likeness (QED) is 0.814. The van der Waals surface area contributed by atoms with Crippen molar-refractivity contribution in [1.82, 2.24) is 0 Å². The predicted molar refractivity (Wildman–Crippen MR) is 80.0 cm³/mol. The molecule has 0 amide bonds. The Morgan fingerprint density at radius 1 is 0.895 bits per heavy atom. The van der Waals surface area contributed by atoms with Gasteiger partial charge in [0.15, 0.2) is 0 Å². The summed E-state index contributed by atoms with van der Waals surface area (Å²) in [6.07, 6.45) is 3.59. The first-order chi connectivity index (χ1) is 9.24. The molecule has 2 aromatic carbocycles. The Hall–Kier alpha value is -1.60. The highest BCUT2D eigenvalue weighted by Gasteiger charge is 2.25. The van der Waals surface area contributed by atoms with Gasteiger partial charge in [-0.05, 0) is 36.8 Å². The van der Waals surface area contributed by atoms with Crippen molar-refractivity contribution in [3.8, 4) is 0 Å². The van der Waals surface area contributed by atoms with Crippen LogP contribution in [0, 0.1) is 0 Å². The zero-order chi connectivity index (χ0) is 13.6. The molecule has 0 aliphatic rings. The van der Waals surface area contributed by atoms with Gasteiger partial charge < -0.3 is 5.11 Å². The Kier molecular flexibility index (Phi) is 4.75. The Morgan fingerprint density at radius 2 is 1.47 bits per heavy atom. The fraction of sp³-hybridized carbons (Fsp3) is 0.333. The summed E-state index contributed by atoms with van der Waals surface area (Å²) in [4.78, 5) is 0. The van der Waals surface area contributed by atoms with Crippen molar-refractivity contribution >= 4 is 0 Å². The molecule has 0 bridgehead atoms. The third-order valence-corrected chi connectivity index (χ3v) is 3.79. The smallest absolute Gasteiger partial charge is 0.0894 e. The summed E-state index contributed by atoms with van der Waals surface area (Å²) in [5.74, 6) is 0. The molecule has 1 heteroatoms. The minimum Gasteiger partial charge on any atom is -0.385 e. The maximum atomic E-state index is 10.8. The van der Waals surface area contributed by atoms with Gasteiger partial charge in [-0.25, -0.2) is 0 Å². The average Bonchev–Trinajstić information content (AvgIpc) is 2.49. The molecule has 2 aromatic rings. The van der Waals surface area contributed by atoms with Crippen molar-refractivity contribution in [1.29, 1.82) is 0 Å². The summed E-state index contributed by atoms with van der Waals surface area (Å²) in [5, 5.41) is 10.8. The van der Waals surface area contributed by atoms with Crippen molar-refractivity contribution in [3.63, 3.8) is 0 Å². The Balaban J connectivity index is 1.96. The van der Waals surface area contributed by atoms with Gasteiger partial charge in [0.1, 0.15) is 0 Å². The van der Waals surface area contributed by atoms with Gasteiger partial charge in [0.2, 0.25) is 0 Å². The second-order valence-electron chi connectivity index (χ2n) is 5.09. The van der Waals surface area contributed by atoms with E-state index in [4.69, 9.17) is 0 Å². The summed E-state index contributed by atoms with van der Waals surface area (Å²) in [6, 6.07) is 20.5. The molecule has 1 N–H and O–H groups in total. The first kappa shape index (κ1) is 13.8. The highest BCUT2D eigenvalue weighted by molar-refractivity contribution is 5.22. The zero-order valence-corrected chi connectivity index (χ0v) is 11.5. The van der Waals surface area contributed by atoms with Crippen molar-refractivity contribution < 1.29 is 5.11 Å². The van der Waals surface area contributed by atoms with Crippen LogP contribution >= 0.6 is 0 Å². The van der Waals surface area contributed by atoms with E-state index in [9.17, 15) is 5.11 Å². The van der Waals surface area contributed by atoms with E-state index in [2.05, 4.69) is 31.2 Å². The minimum atomic E-state index is -0.684. The standard InChI is InChI=1S/C18H22O/c1-2-18(19,17-13-7-4-8-14-17)15-9-12-16-10-5-3-6-11-16/h3-8,10-11,13-14,19H,2,9,12,15H2,1H3. The Bertz CT molecular complexity index is 478. The van der Waals surface area contributed by atoms with E-state index in [1.807, 2.05) is 36.4 Å². The highest BCUT2D eigenvalue weighted by atomic mass is 16.3. The normalized spacial score (nSPS) is 14.0. The Labute approximate surface area is 115 Å². The second-order valence-corrected chi connectivity index (χ2v) is 5.09. The SMILES string of the molecule is CCC(O)(CCCc1ccccc1)c1ccccc1. The van der Waals surface area contributed by atoms with Crippen molar-refractivity contribution in [2.24, 2.45) is 0 Å². The molecule has 1 unspecified atom stereocenters. The molecule has 0 aliphatic heterocycles. The largest absolute Gasteiger partial charge is 0.385 e. The van der Waals surface area contributed by atoms with E-state index in [0.717, 1.165) is 31.2 Å². The molecule has 0 heterocycles. The van der Waals surface area contributed by atoms with E-state index in [-0.39, 0.29) is 0 Å². The highest BCUT2D eigenvalue weighted by Crippen LogP contribution is 2.30. The number of aryl methyl sites for hydroxylation is 1. The molecular weight excluding hydrogens is 232 g/mol. The van der Waals surface area contributed by atoms with Crippen LogP contribution in [0.1, 0.15) is 37.3 Å². The lowest BCUT2D eigenvalue weighted by Gasteiger charge is -2.27. The molecule has 2 rings (SSSR count). The first-order valence-electron chi connectivity index (χ1n) is 7.06. The van der Waals surface area contributed by atoms with Crippen molar-refractivity contribution in [2.75, 3.05) is 0 Å². The third-order valence-electron chi connectivity index (χ3n) is 3.79. The summed E-state index contributed by atoms with van der Waals surface area (Å²) in [7, 11) is 0. The first-order valence-corrected chi connectivity index (χ1v) is 7.06. The molecule has 1 nitrogen and oxygen atoms in total. The zero-order valence-electron chi connectivity index (χ0n) is 11.5. The summed E-state index contributed by atoms with van der Waals surface area (Å²) in [5.41, 5.74) is 1.69. The van der Waals surface area contributed by atoms with E-state index in [1.54, 1.807) is 0 Å². The minimum absolute atomic E-state index is 0.684. The topological polar surface area (TPSA) is 20.2 Å². The average molecular weight is 254 g/mol. The third kappa shape index (κ3) is 3.68. The molecule has 0 saturated heterocycles. The fourth-order valence-corrected chi connectivity index (χ4v) is 2.50. The summed E-state index contributed by atoms with van der Waals surface area (Å²) in [6.45, 7) is 2.05. The molecule has 19 heavy (non-hydrogen) atoms. The molecule has 0 aromatic heterocycles. The van der Waals surface area contributed by atoms with E-state index in [1.165, 1.54) is 5.56 Å². The van der Waals surface area contributed by atoms with Crippen LogP contribution in [0.15, 0.2) is 60.7 Å². The van der Waals surface area contributed by atoms with Gasteiger partial charge in [-0.2, -0.15) is 0 Å². The van der Waals surface area contributed by atoms with Crippen LogP contribution in [0.5, 0.6) is 0 Å². The monoisotopic (exact) mass is 254 g/mol. The summed E-state index contributed by atoms with van der Waals surface area (Å²) < 4.78 is 0. The van der Waals surface area contributed by atoms with E-state index < -0.39 is 5.60 Å². The van der Waals surface area contributed by atoms with Crippen LogP contribution in [0.2, 0.25) is 0 Å². The molecule has 0 radical (unpaired) electrons. The molecule has 1 atom stereocenters. The van der Waals surface area contributed by atoms with E-state index in [0.29, 0.717) is 0 Å². The number of hydrogen-bond donors (Lipinski definition) is 1. The van der Waals surface area contributed by atoms with Crippen LogP contribution in [0.25, 0.3) is 0 Å². The molecule has 100 valence electrons. The van der Waals surface area contributed by atoms with Crippen LogP contribution in [-0.4, -0.2) is 5.11 Å². The second kappa shape index (κ2) is 6.53. The number of aliphatic hydroxyl groups is 1. The maximum absolute atomic E-state index is 10.8. The lowest BCUT2D eigenvalue weighted by molar-refractivity contribution is 0.0214. The lowest BCUT2D eigenvalue weighted by atomic mass is 9.86. The van der Waals surface area contributed by atoms with Crippen LogP contribution in [0.3, 0.4) is 0 Å². The van der Waals surface area contributed by atoms with Crippen molar-refractivity contribution in [3.05, 3.63) is 71.8 Å². The van der Waals surface area contributed by atoms with Gasteiger partial charge in [0.25, 0.3) is 0 Å². The van der Waals surface area contributed by atoms with Gasteiger partial charge >= 0.3 is 0 Å². The number of benzene rings is 2. The number of hydrogen-bond acceptors (Lipinski definition) is 1. The van der Waals surface area contributed by atoms with Gasteiger partial charge in [0.05, 0.1) is 5.60 Å². The fourth-order valence-electron chi connectivity index (χ4n) is 2.50. The summed E-state index contributed by atoms with van der Waals surface area (Å²) >= 11 is 0. The Morgan fingerprint density at radius 3 is 2.05 bits per heavy atom. The van der Waals surface area contributed by atoms with Crippen LogP contribution < -0.4 is 0 Å². The number of rotatable bonds is 6. The molecular formula is C18H22O.